The number of hydrogen-bond donors (Lipinski definition) is 2. The number of halogens is 2. The number of nitrogens with two attached hydrogens (primary N) is 1. The molecule has 3 N–H and O–H groups in total. The largest absolute Gasteiger partial charge is 0.271 e. The van der Waals surface area contributed by atoms with Crippen LogP contribution in [-0.2, 0) is 12.8 Å². The van der Waals surface area contributed by atoms with E-state index in [-0.39, 0.29) is 5.56 Å². The number of aromatic nitrogens is 1. The number of hydrazine groups is 1. The summed E-state index contributed by atoms with van der Waals surface area (Å²) in [6.07, 6.45) is 3.08. The lowest BCUT2D eigenvalue weighted by Gasteiger charge is -2.17. The van der Waals surface area contributed by atoms with Crippen molar-refractivity contribution in [1.29, 1.82) is 0 Å². The monoisotopic (exact) mass is 277 g/mol. The van der Waals surface area contributed by atoms with Gasteiger partial charge in [-0.05, 0) is 36.2 Å². The van der Waals surface area contributed by atoms with Gasteiger partial charge >= 0.3 is 0 Å². The average Bonchev–Trinajstić information content (AvgIpc) is 2.48. The summed E-state index contributed by atoms with van der Waals surface area (Å²) < 4.78 is 27.0. The highest BCUT2D eigenvalue weighted by Gasteiger charge is 2.16. The van der Waals surface area contributed by atoms with E-state index in [9.17, 15) is 8.78 Å². The molecule has 20 heavy (non-hydrogen) atoms. The highest BCUT2D eigenvalue weighted by molar-refractivity contribution is 5.24. The number of aryl methyl sites for hydroxylation is 1. The van der Waals surface area contributed by atoms with Gasteiger partial charge in [0.1, 0.15) is 11.6 Å². The number of hydrogen-bond acceptors (Lipinski definition) is 3. The molecule has 1 aromatic carbocycles. The Morgan fingerprint density at radius 2 is 2.05 bits per heavy atom. The highest BCUT2D eigenvalue weighted by atomic mass is 19.1. The Bertz CT molecular complexity index is 570. The molecule has 1 heterocycles. The maximum atomic E-state index is 13.7. The van der Waals surface area contributed by atoms with Crippen molar-refractivity contribution in [3.05, 3.63) is 65.0 Å². The molecule has 1 atom stereocenters. The van der Waals surface area contributed by atoms with Gasteiger partial charge in [-0.25, -0.2) is 8.78 Å². The maximum absolute atomic E-state index is 13.7. The van der Waals surface area contributed by atoms with E-state index in [0.717, 1.165) is 35.9 Å². The van der Waals surface area contributed by atoms with Gasteiger partial charge in [0.25, 0.3) is 0 Å². The van der Waals surface area contributed by atoms with Crippen molar-refractivity contribution in [2.24, 2.45) is 5.84 Å². The van der Waals surface area contributed by atoms with Crippen LogP contribution in [0.15, 0.2) is 36.5 Å². The minimum atomic E-state index is -0.523. The van der Waals surface area contributed by atoms with E-state index in [1.807, 2.05) is 19.1 Å². The Labute approximate surface area is 116 Å². The van der Waals surface area contributed by atoms with Crippen LogP contribution in [-0.4, -0.2) is 4.98 Å². The van der Waals surface area contributed by atoms with E-state index in [1.54, 1.807) is 6.20 Å². The lowest BCUT2D eigenvalue weighted by molar-refractivity contribution is 0.499. The third-order valence-electron chi connectivity index (χ3n) is 3.24. The molecule has 1 unspecified atom stereocenters. The number of nitrogens with one attached hydrogen (secondary N) is 1. The van der Waals surface area contributed by atoms with E-state index in [1.165, 1.54) is 0 Å². The summed E-state index contributed by atoms with van der Waals surface area (Å²) in [5.41, 5.74) is 4.62. The Morgan fingerprint density at radius 1 is 1.25 bits per heavy atom. The van der Waals surface area contributed by atoms with Crippen LogP contribution in [0, 0.1) is 11.6 Å². The summed E-state index contributed by atoms with van der Waals surface area (Å²) in [5, 5.41) is 0. The van der Waals surface area contributed by atoms with Crippen LogP contribution in [0.2, 0.25) is 0 Å². The maximum Gasteiger partial charge on any atom is 0.128 e. The summed E-state index contributed by atoms with van der Waals surface area (Å²) in [7, 11) is 0. The smallest absolute Gasteiger partial charge is 0.128 e. The number of nitrogens with zero attached hydrogens (tertiary/aromatic N) is 1. The van der Waals surface area contributed by atoms with Crippen molar-refractivity contribution < 1.29 is 8.78 Å². The van der Waals surface area contributed by atoms with E-state index < -0.39 is 17.7 Å². The van der Waals surface area contributed by atoms with Crippen LogP contribution in [0.3, 0.4) is 0 Å². The molecule has 5 heteroatoms. The van der Waals surface area contributed by atoms with E-state index in [4.69, 9.17) is 5.84 Å². The third kappa shape index (κ3) is 3.37. The molecule has 0 saturated carbocycles. The van der Waals surface area contributed by atoms with Gasteiger partial charge in [0.15, 0.2) is 0 Å². The zero-order chi connectivity index (χ0) is 14.5. The van der Waals surface area contributed by atoms with E-state index >= 15 is 0 Å². The third-order valence-corrected chi connectivity index (χ3v) is 3.24. The van der Waals surface area contributed by atoms with Gasteiger partial charge in [-0.2, -0.15) is 0 Å². The lowest BCUT2D eigenvalue weighted by atomic mass is 10.0. The number of rotatable bonds is 5. The molecular formula is C15H17F2N3. The molecule has 0 aliphatic rings. The van der Waals surface area contributed by atoms with Crippen molar-refractivity contribution >= 4 is 0 Å². The predicted molar refractivity (Wildman–Crippen MR) is 73.7 cm³/mol. The second-order valence-electron chi connectivity index (χ2n) is 4.60. The van der Waals surface area contributed by atoms with Gasteiger partial charge in [-0.15, -0.1) is 0 Å². The van der Waals surface area contributed by atoms with Crippen molar-refractivity contribution in [3.8, 4) is 0 Å². The second kappa shape index (κ2) is 6.54. The van der Waals surface area contributed by atoms with Crippen LogP contribution in [0.1, 0.15) is 29.8 Å². The summed E-state index contributed by atoms with van der Waals surface area (Å²) in [6, 6.07) is 6.66. The standard InChI is InChI=1S/C15H17F2N3/c1-2-10-3-5-12(19-9-10)8-15(20-18)13-7-11(16)4-6-14(13)17/h3-7,9,15,20H,2,8,18H2,1H3. The molecule has 3 nitrogen and oxygen atoms in total. The summed E-state index contributed by atoms with van der Waals surface area (Å²) in [5.74, 6) is 4.48. The van der Waals surface area contributed by atoms with Crippen LogP contribution >= 0.6 is 0 Å². The van der Waals surface area contributed by atoms with Crippen molar-refractivity contribution in [2.75, 3.05) is 0 Å². The van der Waals surface area contributed by atoms with E-state index in [2.05, 4.69) is 10.4 Å². The SMILES string of the molecule is CCc1ccc(CC(NN)c2cc(F)ccc2F)nc1. The zero-order valence-corrected chi connectivity index (χ0v) is 11.2. The molecule has 1 aromatic heterocycles. The molecule has 0 fully saturated rings. The molecule has 0 spiro atoms. The molecule has 106 valence electrons. The van der Waals surface area contributed by atoms with Crippen LogP contribution in [0.4, 0.5) is 8.78 Å². The Kier molecular flexibility index (Phi) is 4.76. The van der Waals surface area contributed by atoms with Crippen molar-refractivity contribution in [3.63, 3.8) is 0 Å². The molecule has 2 aromatic rings. The fraction of sp³-hybridized carbons (Fsp3) is 0.267. The summed E-state index contributed by atoms with van der Waals surface area (Å²) in [4.78, 5) is 4.30. The van der Waals surface area contributed by atoms with Crippen LogP contribution in [0.25, 0.3) is 0 Å². The topological polar surface area (TPSA) is 50.9 Å². The van der Waals surface area contributed by atoms with Gasteiger partial charge in [0.2, 0.25) is 0 Å². The first-order chi connectivity index (χ1) is 9.63. The molecule has 0 bridgehead atoms. The molecule has 0 saturated heterocycles. The Morgan fingerprint density at radius 3 is 2.65 bits per heavy atom. The van der Waals surface area contributed by atoms with E-state index in [0.29, 0.717) is 6.42 Å². The van der Waals surface area contributed by atoms with Gasteiger partial charge in [0.05, 0.1) is 6.04 Å². The van der Waals surface area contributed by atoms with Gasteiger partial charge in [0, 0.05) is 23.9 Å². The minimum absolute atomic E-state index is 0.203. The van der Waals surface area contributed by atoms with Crippen LogP contribution in [0.5, 0.6) is 0 Å². The Balaban J connectivity index is 2.21. The number of pyridine rings is 1. The first kappa shape index (κ1) is 14.6. The molecule has 2 rings (SSSR count). The highest BCUT2D eigenvalue weighted by Crippen LogP contribution is 2.21. The van der Waals surface area contributed by atoms with Gasteiger partial charge in [-0.3, -0.25) is 16.3 Å². The molecule has 0 aliphatic heterocycles. The fourth-order valence-electron chi connectivity index (χ4n) is 2.03. The summed E-state index contributed by atoms with van der Waals surface area (Å²) in [6.45, 7) is 2.04. The average molecular weight is 277 g/mol. The normalized spacial score (nSPS) is 12.4. The Hall–Kier alpha value is -1.85. The fourth-order valence-corrected chi connectivity index (χ4v) is 2.03. The van der Waals surface area contributed by atoms with Crippen molar-refractivity contribution in [2.45, 2.75) is 25.8 Å². The molecule has 0 amide bonds. The lowest BCUT2D eigenvalue weighted by Crippen LogP contribution is -2.30. The quantitative estimate of drug-likeness (QED) is 0.652. The van der Waals surface area contributed by atoms with Crippen molar-refractivity contribution in [1.82, 2.24) is 10.4 Å². The zero-order valence-electron chi connectivity index (χ0n) is 11.2. The van der Waals surface area contributed by atoms with Gasteiger partial charge < -0.3 is 0 Å². The first-order valence-corrected chi connectivity index (χ1v) is 6.49. The number of benzene rings is 1. The molecule has 0 radical (unpaired) electrons. The first-order valence-electron chi connectivity index (χ1n) is 6.49. The molecule has 0 aliphatic carbocycles. The second-order valence-corrected chi connectivity index (χ2v) is 4.60. The van der Waals surface area contributed by atoms with Crippen LogP contribution < -0.4 is 11.3 Å². The summed E-state index contributed by atoms with van der Waals surface area (Å²) >= 11 is 0. The molecular weight excluding hydrogens is 260 g/mol. The van der Waals surface area contributed by atoms with Gasteiger partial charge in [-0.1, -0.05) is 13.0 Å². The minimum Gasteiger partial charge on any atom is -0.271 e. The predicted octanol–water partition coefficient (Wildman–Crippen LogP) is 2.67.